The lowest BCUT2D eigenvalue weighted by molar-refractivity contribution is 0.0951. The zero-order valence-corrected chi connectivity index (χ0v) is 12.6. The van der Waals surface area contributed by atoms with E-state index in [1.54, 1.807) is 13.0 Å². The lowest BCUT2D eigenvalue weighted by Crippen LogP contribution is -2.22. The van der Waals surface area contributed by atoms with Crippen LogP contribution in [0.4, 0.5) is 5.69 Å². The Morgan fingerprint density at radius 1 is 1.52 bits per heavy atom. The SMILES string of the molecule is Cc1noc(CNC(=O)c2sc3cccc(Cl)c3c2N)n1. The summed E-state index contributed by atoms with van der Waals surface area (Å²) in [4.78, 5) is 16.7. The Morgan fingerprint density at radius 3 is 3.00 bits per heavy atom. The average Bonchev–Trinajstić information content (AvgIpc) is 3.01. The lowest BCUT2D eigenvalue weighted by Gasteiger charge is -2.01. The molecule has 3 aromatic rings. The first-order chi connectivity index (χ1) is 10.1. The van der Waals surface area contributed by atoms with Gasteiger partial charge in [0.2, 0.25) is 5.89 Å². The Balaban J connectivity index is 1.84. The number of fused-ring (bicyclic) bond motifs is 1. The van der Waals surface area contributed by atoms with E-state index >= 15 is 0 Å². The first-order valence-corrected chi connectivity index (χ1v) is 7.29. The fraction of sp³-hybridized carbons (Fsp3) is 0.154. The van der Waals surface area contributed by atoms with E-state index in [9.17, 15) is 4.79 Å². The van der Waals surface area contributed by atoms with Crippen LogP contribution in [0.3, 0.4) is 0 Å². The predicted octanol–water partition coefficient (Wildman–Crippen LogP) is 2.76. The molecule has 3 N–H and O–H groups in total. The summed E-state index contributed by atoms with van der Waals surface area (Å²) in [5.74, 6) is 0.576. The Hall–Kier alpha value is -2.12. The Bertz CT molecular complexity index is 827. The highest BCUT2D eigenvalue weighted by Crippen LogP contribution is 2.37. The molecule has 0 bridgehead atoms. The number of anilines is 1. The molecule has 2 aromatic heterocycles. The van der Waals surface area contributed by atoms with Gasteiger partial charge in [-0.3, -0.25) is 4.79 Å². The fourth-order valence-electron chi connectivity index (χ4n) is 1.95. The maximum absolute atomic E-state index is 12.2. The van der Waals surface area contributed by atoms with Crippen LogP contribution >= 0.6 is 22.9 Å². The molecule has 0 spiro atoms. The normalized spacial score (nSPS) is 11.0. The molecule has 0 unspecified atom stereocenters. The summed E-state index contributed by atoms with van der Waals surface area (Å²) in [6.45, 7) is 1.86. The van der Waals surface area contributed by atoms with E-state index in [4.69, 9.17) is 21.9 Å². The van der Waals surface area contributed by atoms with Crippen LogP contribution in [0.25, 0.3) is 10.1 Å². The Kier molecular flexibility index (Phi) is 3.52. The van der Waals surface area contributed by atoms with Crippen molar-refractivity contribution >= 4 is 44.6 Å². The number of carbonyl (C=O) groups excluding carboxylic acids is 1. The van der Waals surface area contributed by atoms with Crippen LogP contribution in [0.5, 0.6) is 0 Å². The summed E-state index contributed by atoms with van der Waals surface area (Å²) in [5, 5.41) is 7.60. The third-order valence-corrected chi connectivity index (χ3v) is 4.36. The van der Waals surface area contributed by atoms with Gasteiger partial charge in [0.25, 0.3) is 5.91 Å². The van der Waals surface area contributed by atoms with Crippen LogP contribution in [0.1, 0.15) is 21.4 Å². The molecule has 0 aliphatic carbocycles. The van der Waals surface area contributed by atoms with Crippen molar-refractivity contribution in [2.24, 2.45) is 0 Å². The zero-order valence-electron chi connectivity index (χ0n) is 11.0. The average molecular weight is 323 g/mol. The molecule has 1 aromatic carbocycles. The maximum atomic E-state index is 12.2. The Morgan fingerprint density at radius 2 is 2.33 bits per heavy atom. The van der Waals surface area contributed by atoms with Crippen molar-refractivity contribution in [3.8, 4) is 0 Å². The van der Waals surface area contributed by atoms with Crippen molar-refractivity contribution in [1.82, 2.24) is 15.5 Å². The van der Waals surface area contributed by atoms with Gasteiger partial charge in [0.1, 0.15) is 4.88 Å². The van der Waals surface area contributed by atoms with Crippen LogP contribution in [-0.4, -0.2) is 16.0 Å². The van der Waals surface area contributed by atoms with Crippen LogP contribution < -0.4 is 11.1 Å². The smallest absolute Gasteiger partial charge is 0.263 e. The second-order valence-corrected chi connectivity index (χ2v) is 5.84. The molecule has 0 aliphatic rings. The van der Waals surface area contributed by atoms with Gasteiger partial charge in [-0.2, -0.15) is 4.98 Å². The number of halogens is 1. The van der Waals surface area contributed by atoms with Crippen molar-refractivity contribution in [1.29, 1.82) is 0 Å². The number of nitrogen functional groups attached to an aromatic ring is 1. The largest absolute Gasteiger partial charge is 0.397 e. The minimum atomic E-state index is -0.291. The molecule has 108 valence electrons. The van der Waals surface area contributed by atoms with Crippen LogP contribution in [0, 0.1) is 6.92 Å². The maximum Gasteiger partial charge on any atom is 0.263 e. The molecule has 0 atom stereocenters. The van der Waals surface area contributed by atoms with Gasteiger partial charge in [-0.05, 0) is 19.1 Å². The molecule has 8 heteroatoms. The summed E-state index contributed by atoms with van der Waals surface area (Å²) >= 11 is 7.42. The molecule has 6 nitrogen and oxygen atoms in total. The van der Waals surface area contributed by atoms with Crippen molar-refractivity contribution in [3.63, 3.8) is 0 Å². The summed E-state index contributed by atoms with van der Waals surface area (Å²) in [5.41, 5.74) is 6.42. The number of thiophene rings is 1. The first kappa shape index (κ1) is 13.8. The minimum absolute atomic E-state index is 0.154. The van der Waals surface area contributed by atoms with Gasteiger partial charge in [-0.1, -0.05) is 22.8 Å². The number of nitrogens with one attached hydrogen (secondary N) is 1. The predicted molar refractivity (Wildman–Crippen MR) is 81.5 cm³/mol. The number of nitrogens with zero attached hydrogens (tertiary/aromatic N) is 2. The van der Waals surface area contributed by atoms with E-state index in [-0.39, 0.29) is 12.5 Å². The van der Waals surface area contributed by atoms with Gasteiger partial charge in [-0.25, -0.2) is 0 Å². The highest BCUT2D eigenvalue weighted by molar-refractivity contribution is 7.21. The van der Waals surface area contributed by atoms with Gasteiger partial charge in [-0.15, -0.1) is 11.3 Å². The molecule has 0 saturated heterocycles. The van der Waals surface area contributed by atoms with Crippen molar-refractivity contribution < 1.29 is 9.32 Å². The number of carbonyl (C=O) groups is 1. The molecular weight excluding hydrogens is 312 g/mol. The van der Waals surface area contributed by atoms with E-state index in [2.05, 4.69) is 15.5 Å². The Labute approximate surface area is 128 Å². The quantitative estimate of drug-likeness (QED) is 0.773. The van der Waals surface area contributed by atoms with Crippen LogP contribution in [0.2, 0.25) is 5.02 Å². The molecule has 3 rings (SSSR count). The summed E-state index contributed by atoms with van der Waals surface area (Å²) in [6, 6.07) is 5.44. The number of hydrogen-bond donors (Lipinski definition) is 2. The van der Waals surface area contributed by atoms with Gasteiger partial charge in [0.15, 0.2) is 5.82 Å². The number of aryl methyl sites for hydroxylation is 1. The molecule has 2 heterocycles. The molecule has 21 heavy (non-hydrogen) atoms. The number of amides is 1. The van der Waals surface area contributed by atoms with Crippen LogP contribution in [-0.2, 0) is 6.54 Å². The summed E-state index contributed by atoms with van der Waals surface area (Å²) in [6.07, 6.45) is 0. The number of aromatic nitrogens is 2. The first-order valence-electron chi connectivity index (χ1n) is 6.10. The standard InChI is InChI=1S/C13H11ClN4O2S/c1-6-17-9(20-18-6)5-16-13(19)12-11(15)10-7(14)3-2-4-8(10)21-12/h2-4H,5,15H2,1H3,(H,16,19). The van der Waals surface area contributed by atoms with E-state index in [1.165, 1.54) is 11.3 Å². The van der Waals surface area contributed by atoms with Crippen LogP contribution in [0.15, 0.2) is 22.7 Å². The monoisotopic (exact) mass is 322 g/mol. The minimum Gasteiger partial charge on any atom is -0.397 e. The molecule has 0 aliphatic heterocycles. The second kappa shape index (κ2) is 5.34. The molecule has 1 amide bonds. The highest BCUT2D eigenvalue weighted by Gasteiger charge is 2.18. The number of rotatable bonds is 3. The molecule has 0 radical (unpaired) electrons. The third kappa shape index (κ3) is 2.57. The van der Waals surface area contributed by atoms with E-state index in [0.29, 0.717) is 32.7 Å². The molecule has 0 saturated carbocycles. The van der Waals surface area contributed by atoms with Crippen molar-refractivity contribution in [2.75, 3.05) is 5.73 Å². The van der Waals surface area contributed by atoms with Gasteiger partial charge in [0, 0.05) is 10.1 Å². The molecular formula is C13H11ClN4O2S. The van der Waals surface area contributed by atoms with Gasteiger partial charge >= 0.3 is 0 Å². The fourth-order valence-corrected chi connectivity index (χ4v) is 3.34. The topological polar surface area (TPSA) is 94.0 Å². The summed E-state index contributed by atoms with van der Waals surface area (Å²) in [7, 11) is 0. The zero-order chi connectivity index (χ0) is 15.0. The molecule has 0 fully saturated rings. The van der Waals surface area contributed by atoms with Crippen molar-refractivity contribution in [2.45, 2.75) is 13.5 Å². The number of benzene rings is 1. The van der Waals surface area contributed by atoms with E-state index in [1.807, 2.05) is 12.1 Å². The lowest BCUT2D eigenvalue weighted by atomic mass is 10.2. The van der Waals surface area contributed by atoms with Gasteiger partial charge < -0.3 is 15.6 Å². The highest BCUT2D eigenvalue weighted by atomic mass is 35.5. The van der Waals surface area contributed by atoms with E-state index in [0.717, 1.165) is 4.70 Å². The van der Waals surface area contributed by atoms with Gasteiger partial charge in [0.05, 0.1) is 17.3 Å². The third-order valence-electron chi connectivity index (χ3n) is 2.88. The number of nitrogens with two attached hydrogens (primary N) is 1. The second-order valence-electron chi connectivity index (χ2n) is 4.38. The summed E-state index contributed by atoms with van der Waals surface area (Å²) < 4.78 is 5.81. The number of hydrogen-bond acceptors (Lipinski definition) is 6. The van der Waals surface area contributed by atoms with E-state index < -0.39 is 0 Å². The van der Waals surface area contributed by atoms with Crippen molar-refractivity contribution in [3.05, 3.63) is 39.8 Å².